The van der Waals surface area contributed by atoms with Crippen molar-refractivity contribution in [2.24, 2.45) is 5.41 Å². The van der Waals surface area contributed by atoms with Crippen LogP contribution in [0.4, 0.5) is 17.3 Å². The van der Waals surface area contributed by atoms with Crippen molar-refractivity contribution in [3.05, 3.63) is 84.3 Å². The predicted molar refractivity (Wildman–Crippen MR) is 201 cm³/mol. The number of anilines is 3. The number of nitrogens with one attached hydrogen (secondary N) is 1. The maximum absolute atomic E-state index is 13.9. The maximum Gasteiger partial charge on any atom is 0.233 e. The first-order valence-corrected chi connectivity index (χ1v) is 19.0. The number of nitrogens with zero attached hydrogens (tertiary/aromatic N) is 5. The van der Waals surface area contributed by atoms with Crippen molar-refractivity contribution in [1.29, 1.82) is 0 Å². The van der Waals surface area contributed by atoms with Gasteiger partial charge in [0, 0.05) is 36.9 Å². The summed E-state index contributed by atoms with van der Waals surface area (Å²) in [7, 11) is 0. The maximum atomic E-state index is 13.9. The first kappa shape index (κ1) is 35.0. The molecule has 0 radical (unpaired) electrons. The Morgan fingerprint density at radius 2 is 1.51 bits per heavy atom. The van der Waals surface area contributed by atoms with Crippen molar-refractivity contribution in [3.8, 4) is 22.4 Å². The Morgan fingerprint density at radius 3 is 2.29 bits per heavy atom. The van der Waals surface area contributed by atoms with Gasteiger partial charge in [0.25, 0.3) is 0 Å². The zero-order valence-corrected chi connectivity index (χ0v) is 30.3. The van der Waals surface area contributed by atoms with Gasteiger partial charge in [-0.3, -0.25) is 14.6 Å². The molecule has 2 saturated heterocycles. The van der Waals surface area contributed by atoms with Crippen LogP contribution in [-0.2, 0) is 9.59 Å². The molecule has 2 aliphatic rings. The number of likely N-dealkylation sites (tertiary alicyclic amines) is 1. The van der Waals surface area contributed by atoms with Crippen LogP contribution in [0.15, 0.2) is 79.3 Å². The highest BCUT2D eigenvalue weighted by Gasteiger charge is 2.49. The second-order valence-electron chi connectivity index (χ2n) is 13.2. The number of piperidine rings is 1. The number of unbranched alkanes of at least 4 members (excludes halogenated alkanes) is 6. The van der Waals surface area contributed by atoms with E-state index >= 15 is 0 Å². The van der Waals surface area contributed by atoms with E-state index in [1.54, 1.807) is 18.6 Å². The summed E-state index contributed by atoms with van der Waals surface area (Å²) in [5.41, 5.74) is 4.69. The van der Waals surface area contributed by atoms with Crippen molar-refractivity contribution < 1.29 is 9.59 Å². The number of aromatic nitrogens is 3. The van der Waals surface area contributed by atoms with Crippen molar-refractivity contribution >= 4 is 56.7 Å². The largest absolute Gasteiger partial charge is 0.343 e. The number of amides is 2. The summed E-state index contributed by atoms with van der Waals surface area (Å²) in [6, 6.07) is 20.2. The molecular formula is C39H44BrClN6O2. The predicted octanol–water partition coefficient (Wildman–Crippen LogP) is 9.46. The fourth-order valence-electron chi connectivity index (χ4n) is 7.01. The van der Waals surface area contributed by atoms with Gasteiger partial charge in [-0.1, -0.05) is 108 Å². The lowest BCUT2D eigenvalue weighted by Crippen LogP contribution is -2.46. The second-order valence-corrected chi connectivity index (χ2v) is 14.4. The van der Waals surface area contributed by atoms with Gasteiger partial charge in [0.15, 0.2) is 0 Å². The molecule has 0 saturated carbocycles. The molecule has 1 spiro atoms. The van der Waals surface area contributed by atoms with E-state index < -0.39 is 5.41 Å². The summed E-state index contributed by atoms with van der Waals surface area (Å²) >= 11 is 10.1. The minimum Gasteiger partial charge on any atom is -0.343 e. The fraction of sp³-hybridized carbons (Fsp3) is 0.410. The number of carbonyl (C=O) groups excluding carboxylic acids is 2. The monoisotopic (exact) mass is 742 g/mol. The molecule has 4 heterocycles. The Kier molecular flexibility index (Phi) is 12.0. The molecule has 8 nitrogen and oxygen atoms in total. The lowest BCUT2D eigenvalue weighted by molar-refractivity contribution is -0.137. The zero-order chi connectivity index (χ0) is 34.1. The lowest BCUT2D eigenvalue weighted by Gasteiger charge is -2.38. The molecule has 49 heavy (non-hydrogen) atoms. The first-order chi connectivity index (χ1) is 24.0. The Bertz CT molecular complexity index is 1730. The van der Waals surface area contributed by atoms with Gasteiger partial charge >= 0.3 is 0 Å². The van der Waals surface area contributed by atoms with E-state index in [9.17, 15) is 9.59 Å². The number of halogens is 2. The van der Waals surface area contributed by atoms with Crippen molar-refractivity contribution in [3.63, 3.8) is 0 Å². The zero-order valence-electron chi connectivity index (χ0n) is 27.9. The number of hydrogen-bond donors (Lipinski definition) is 1. The SMILES string of the molecule is O=C(CCCCCCCCCBr)N1CCC2(CC1)CCN(c1cncc(Nc3ncc(Cl)c(-c4cccc(-c5ccccc5)c4)n3)c1)C2=O. The molecule has 0 unspecified atom stereocenters. The van der Waals surface area contributed by atoms with Crippen LogP contribution in [0.5, 0.6) is 0 Å². The summed E-state index contributed by atoms with van der Waals surface area (Å²) in [6.07, 6.45) is 16.1. The average Bonchev–Trinajstić information content (AvgIpc) is 3.45. The van der Waals surface area contributed by atoms with Crippen molar-refractivity contribution in [2.75, 3.05) is 35.2 Å². The Labute approximate surface area is 302 Å². The van der Waals surface area contributed by atoms with Gasteiger partial charge in [0.2, 0.25) is 17.8 Å². The van der Waals surface area contributed by atoms with E-state index in [2.05, 4.69) is 55.5 Å². The van der Waals surface area contributed by atoms with Gasteiger partial charge in [-0.15, -0.1) is 0 Å². The minimum atomic E-state index is -0.419. The third-order valence-electron chi connectivity index (χ3n) is 9.89. The van der Waals surface area contributed by atoms with Gasteiger partial charge in [-0.2, -0.15) is 0 Å². The molecule has 2 aliphatic heterocycles. The van der Waals surface area contributed by atoms with Gasteiger partial charge in [-0.25, -0.2) is 9.97 Å². The average molecular weight is 744 g/mol. The van der Waals surface area contributed by atoms with E-state index in [1.807, 2.05) is 46.2 Å². The third kappa shape index (κ3) is 8.68. The van der Waals surface area contributed by atoms with E-state index in [-0.39, 0.29) is 11.8 Å². The molecule has 0 bridgehead atoms. The van der Waals surface area contributed by atoms with Gasteiger partial charge in [0.05, 0.1) is 46.1 Å². The van der Waals surface area contributed by atoms with E-state index in [1.165, 1.54) is 32.1 Å². The van der Waals surface area contributed by atoms with Gasteiger partial charge in [-0.05, 0) is 55.4 Å². The van der Waals surface area contributed by atoms with Crippen molar-refractivity contribution in [1.82, 2.24) is 19.9 Å². The quantitative estimate of drug-likeness (QED) is 0.102. The van der Waals surface area contributed by atoms with Gasteiger partial charge in [0.1, 0.15) is 0 Å². The third-order valence-corrected chi connectivity index (χ3v) is 10.7. The smallest absolute Gasteiger partial charge is 0.233 e. The first-order valence-electron chi connectivity index (χ1n) is 17.5. The molecule has 4 aromatic rings. The number of hydrogen-bond acceptors (Lipinski definition) is 6. The molecule has 256 valence electrons. The Morgan fingerprint density at radius 1 is 0.816 bits per heavy atom. The summed E-state index contributed by atoms with van der Waals surface area (Å²) < 4.78 is 0. The molecule has 0 aliphatic carbocycles. The highest BCUT2D eigenvalue weighted by Crippen LogP contribution is 2.43. The Balaban J connectivity index is 1.04. The van der Waals surface area contributed by atoms with Crippen LogP contribution in [-0.4, -0.2) is 56.6 Å². The second kappa shape index (κ2) is 16.7. The van der Waals surface area contributed by atoms with Crippen LogP contribution in [0, 0.1) is 5.41 Å². The molecule has 10 heteroatoms. The summed E-state index contributed by atoms with van der Waals surface area (Å²) in [6.45, 7) is 1.93. The highest BCUT2D eigenvalue weighted by molar-refractivity contribution is 9.09. The van der Waals surface area contributed by atoms with Crippen LogP contribution < -0.4 is 10.2 Å². The lowest BCUT2D eigenvalue weighted by atomic mass is 9.77. The number of carbonyl (C=O) groups is 2. The molecule has 6 rings (SSSR count). The molecule has 0 atom stereocenters. The standard InChI is InChI=1S/C39H44BrClN6O2/c40-20-10-5-3-1-2-4-9-16-35(48)46-21-17-39(18-22-46)19-23-47(37(39)49)33-25-32(26-42-27-33)44-38-43-28-34(41)36(45-38)31-15-11-14-30(24-31)29-12-7-6-8-13-29/h6-8,11-15,24-28H,1-5,9-10,16-23H2,(H,43,44,45). The number of rotatable bonds is 14. The number of alkyl halides is 1. The molecule has 2 aromatic heterocycles. The fourth-order valence-corrected chi connectivity index (χ4v) is 7.60. The summed E-state index contributed by atoms with van der Waals surface area (Å²) in [5.74, 6) is 0.743. The molecule has 2 aromatic carbocycles. The molecular weight excluding hydrogens is 700 g/mol. The molecule has 1 N–H and O–H groups in total. The van der Waals surface area contributed by atoms with E-state index in [0.29, 0.717) is 61.2 Å². The van der Waals surface area contributed by atoms with E-state index in [0.717, 1.165) is 47.0 Å². The topological polar surface area (TPSA) is 91.3 Å². The van der Waals surface area contributed by atoms with Crippen LogP contribution in [0.3, 0.4) is 0 Å². The Hall–Kier alpha value is -3.82. The molecule has 2 amide bonds. The van der Waals surface area contributed by atoms with Crippen LogP contribution in [0.1, 0.15) is 70.6 Å². The summed E-state index contributed by atoms with van der Waals surface area (Å²) in [4.78, 5) is 44.2. The highest BCUT2D eigenvalue weighted by atomic mass is 79.9. The van der Waals surface area contributed by atoms with Crippen LogP contribution >= 0.6 is 27.5 Å². The number of pyridine rings is 1. The normalized spacial score (nSPS) is 15.6. The minimum absolute atomic E-state index is 0.127. The number of benzene rings is 2. The van der Waals surface area contributed by atoms with Gasteiger partial charge < -0.3 is 15.1 Å². The molecule has 2 fully saturated rings. The van der Waals surface area contributed by atoms with Crippen LogP contribution in [0.2, 0.25) is 5.02 Å². The van der Waals surface area contributed by atoms with Crippen molar-refractivity contribution in [2.45, 2.75) is 70.6 Å². The summed E-state index contributed by atoms with van der Waals surface area (Å²) in [5, 5.41) is 4.80. The van der Waals surface area contributed by atoms with E-state index in [4.69, 9.17) is 16.6 Å². The van der Waals surface area contributed by atoms with Crippen LogP contribution in [0.25, 0.3) is 22.4 Å².